The minimum Gasteiger partial charge on any atom is -0.384 e. The smallest absolute Gasteiger partial charge is 0.210 e. The fourth-order valence-electron chi connectivity index (χ4n) is 1.49. The minimum absolute atomic E-state index is 0.664. The molecular formula is C12H16N4OS. The maximum absolute atomic E-state index is 5.99. The fourth-order valence-corrected chi connectivity index (χ4v) is 2.25. The van der Waals surface area contributed by atoms with E-state index in [-0.39, 0.29) is 0 Å². The molecule has 1 aromatic heterocycles. The van der Waals surface area contributed by atoms with Crippen molar-refractivity contribution < 1.29 is 4.74 Å². The summed E-state index contributed by atoms with van der Waals surface area (Å²) in [5, 5.41) is 8.90. The number of hydrogen-bond acceptors (Lipinski definition) is 5. The van der Waals surface area contributed by atoms with Gasteiger partial charge in [-0.25, -0.2) is 4.68 Å². The van der Waals surface area contributed by atoms with Crippen molar-refractivity contribution in [2.45, 2.75) is 12.1 Å². The molecule has 1 aromatic carbocycles. The Balaban J connectivity index is 2.17. The Morgan fingerprint density at radius 2 is 2.00 bits per heavy atom. The minimum atomic E-state index is 0.664. The lowest BCUT2D eigenvalue weighted by atomic mass is 10.1. The highest BCUT2D eigenvalue weighted by molar-refractivity contribution is 7.99. The number of nitrogens with zero attached hydrogens (tertiary/aromatic N) is 3. The van der Waals surface area contributed by atoms with Gasteiger partial charge in [0.05, 0.1) is 6.61 Å². The van der Waals surface area contributed by atoms with Crippen molar-refractivity contribution in [1.29, 1.82) is 0 Å². The standard InChI is InChI=1S/C12H16N4OS/c1-9-3-5-10(6-4-9)11-14-15-12(16(11)13)18-8-7-17-2/h3-6H,7-8,13H2,1-2H3. The molecular weight excluding hydrogens is 248 g/mol. The molecule has 0 bridgehead atoms. The summed E-state index contributed by atoms with van der Waals surface area (Å²) >= 11 is 1.53. The van der Waals surface area contributed by atoms with Gasteiger partial charge in [0.1, 0.15) is 0 Å². The molecule has 0 radical (unpaired) electrons. The molecule has 0 fully saturated rings. The van der Waals surface area contributed by atoms with Gasteiger partial charge in [-0.2, -0.15) is 0 Å². The number of aryl methyl sites for hydroxylation is 1. The average molecular weight is 264 g/mol. The first-order chi connectivity index (χ1) is 8.72. The maximum atomic E-state index is 5.99. The molecule has 0 aliphatic heterocycles. The molecule has 0 saturated carbocycles. The van der Waals surface area contributed by atoms with Crippen LogP contribution in [0, 0.1) is 6.92 Å². The van der Waals surface area contributed by atoms with Crippen molar-refractivity contribution in [2.24, 2.45) is 0 Å². The molecule has 6 heteroatoms. The second kappa shape index (κ2) is 5.88. The van der Waals surface area contributed by atoms with Gasteiger partial charge in [-0.1, -0.05) is 41.6 Å². The first-order valence-corrected chi connectivity index (χ1v) is 6.60. The molecule has 0 atom stereocenters. The molecule has 2 N–H and O–H groups in total. The number of aromatic nitrogens is 3. The Hall–Kier alpha value is -1.53. The molecule has 0 amide bonds. The third kappa shape index (κ3) is 2.83. The molecule has 18 heavy (non-hydrogen) atoms. The fraction of sp³-hybridized carbons (Fsp3) is 0.333. The molecule has 0 aliphatic rings. The molecule has 0 spiro atoms. The van der Waals surface area contributed by atoms with Gasteiger partial charge in [-0.15, -0.1) is 10.2 Å². The van der Waals surface area contributed by atoms with Crippen LogP contribution in [0.5, 0.6) is 0 Å². The number of benzene rings is 1. The van der Waals surface area contributed by atoms with Crippen LogP contribution in [-0.4, -0.2) is 34.3 Å². The highest BCUT2D eigenvalue weighted by atomic mass is 32.2. The van der Waals surface area contributed by atoms with Crippen molar-refractivity contribution in [3.8, 4) is 11.4 Å². The summed E-state index contributed by atoms with van der Waals surface area (Å²) in [4.78, 5) is 0. The van der Waals surface area contributed by atoms with E-state index in [1.807, 2.05) is 31.2 Å². The van der Waals surface area contributed by atoms with Crippen LogP contribution in [-0.2, 0) is 4.74 Å². The number of nitrogens with two attached hydrogens (primary N) is 1. The van der Waals surface area contributed by atoms with Crippen molar-refractivity contribution >= 4 is 11.8 Å². The van der Waals surface area contributed by atoms with Gasteiger partial charge in [0.25, 0.3) is 0 Å². The number of ether oxygens (including phenoxy) is 1. The largest absolute Gasteiger partial charge is 0.384 e. The van der Waals surface area contributed by atoms with Gasteiger partial charge in [-0.3, -0.25) is 0 Å². The van der Waals surface area contributed by atoms with E-state index in [0.29, 0.717) is 17.6 Å². The van der Waals surface area contributed by atoms with E-state index < -0.39 is 0 Å². The second-order valence-electron chi connectivity index (χ2n) is 3.88. The third-order valence-corrected chi connectivity index (χ3v) is 3.40. The van der Waals surface area contributed by atoms with Gasteiger partial charge >= 0.3 is 0 Å². The Bertz CT molecular complexity index is 509. The molecule has 96 valence electrons. The normalized spacial score (nSPS) is 10.8. The summed E-state index contributed by atoms with van der Waals surface area (Å²) in [6, 6.07) is 8.04. The zero-order valence-corrected chi connectivity index (χ0v) is 11.3. The van der Waals surface area contributed by atoms with Crippen molar-refractivity contribution in [1.82, 2.24) is 14.9 Å². The molecule has 1 heterocycles. The van der Waals surface area contributed by atoms with Gasteiger partial charge in [-0.05, 0) is 6.92 Å². The molecule has 0 unspecified atom stereocenters. The SMILES string of the molecule is COCCSc1nnc(-c2ccc(C)cc2)n1N. The highest BCUT2D eigenvalue weighted by Gasteiger charge is 2.11. The molecule has 5 nitrogen and oxygen atoms in total. The second-order valence-corrected chi connectivity index (χ2v) is 4.95. The first-order valence-electron chi connectivity index (χ1n) is 5.61. The van der Waals surface area contributed by atoms with E-state index in [0.717, 1.165) is 11.3 Å². The number of hydrogen-bond donors (Lipinski definition) is 1. The van der Waals surface area contributed by atoms with Crippen LogP contribution in [0.25, 0.3) is 11.4 Å². The lowest BCUT2D eigenvalue weighted by molar-refractivity contribution is 0.218. The Morgan fingerprint density at radius 3 is 2.67 bits per heavy atom. The molecule has 2 aromatic rings. The Labute approximate surface area is 110 Å². The number of nitrogen functional groups attached to an aromatic ring is 1. The van der Waals surface area contributed by atoms with E-state index in [9.17, 15) is 0 Å². The lowest BCUT2D eigenvalue weighted by Gasteiger charge is -2.03. The highest BCUT2D eigenvalue weighted by Crippen LogP contribution is 2.21. The zero-order chi connectivity index (χ0) is 13.0. The number of thioether (sulfide) groups is 1. The van der Waals surface area contributed by atoms with Crippen molar-refractivity contribution in [3.05, 3.63) is 29.8 Å². The average Bonchev–Trinajstić information content (AvgIpc) is 2.73. The number of methoxy groups -OCH3 is 1. The summed E-state index contributed by atoms with van der Waals surface area (Å²) in [7, 11) is 1.67. The van der Waals surface area contributed by atoms with Gasteiger partial charge in [0.15, 0.2) is 5.82 Å². The van der Waals surface area contributed by atoms with E-state index in [2.05, 4.69) is 10.2 Å². The maximum Gasteiger partial charge on any atom is 0.210 e. The van der Waals surface area contributed by atoms with Crippen LogP contribution >= 0.6 is 11.8 Å². The Morgan fingerprint density at radius 1 is 1.28 bits per heavy atom. The molecule has 2 rings (SSSR count). The van der Waals surface area contributed by atoms with E-state index in [4.69, 9.17) is 10.6 Å². The van der Waals surface area contributed by atoms with Crippen LogP contribution in [0.2, 0.25) is 0 Å². The van der Waals surface area contributed by atoms with E-state index in [1.165, 1.54) is 22.0 Å². The lowest BCUT2D eigenvalue weighted by Crippen LogP contribution is -2.12. The first kappa shape index (κ1) is 12.9. The van der Waals surface area contributed by atoms with Crippen LogP contribution < -0.4 is 5.84 Å². The summed E-state index contributed by atoms with van der Waals surface area (Å²) in [6.07, 6.45) is 0. The predicted octanol–water partition coefficient (Wildman–Crippen LogP) is 1.71. The molecule has 0 saturated heterocycles. The Kier molecular flexibility index (Phi) is 4.22. The van der Waals surface area contributed by atoms with Crippen molar-refractivity contribution in [3.63, 3.8) is 0 Å². The van der Waals surface area contributed by atoms with Gasteiger partial charge in [0, 0.05) is 18.4 Å². The van der Waals surface area contributed by atoms with Crippen molar-refractivity contribution in [2.75, 3.05) is 25.3 Å². The topological polar surface area (TPSA) is 66.0 Å². The van der Waals surface area contributed by atoms with E-state index in [1.54, 1.807) is 7.11 Å². The van der Waals surface area contributed by atoms with Gasteiger partial charge in [0.2, 0.25) is 5.16 Å². The summed E-state index contributed by atoms with van der Waals surface area (Å²) in [5.41, 5.74) is 2.17. The van der Waals surface area contributed by atoms with Gasteiger partial charge < -0.3 is 10.6 Å². The summed E-state index contributed by atoms with van der Waals surface area (Å²) in [5.74, 6) is 7.47. The van der Waals surface area contributed by atoms with E-state index >= 15 is 0 Å². The molecule has 0 aliphatic carbocycles. The summed E-state index contributed by atoms with van der Waals surface area (Å²) < 4.78 is 6.51. The quantitative estimate of drug-likeness (QED) is 0.506. The third-order valence-electron chi connectivity index (χ3n) is 2.49. The monoisotopic (exact) mass is 264 g/mol. The predicted molar refractivity (Wildman–Crippen MR) is 72.9 cm³/mol. The van der Waals surface area contributed by atoms with Crippen LogP contribution in [0.3, 0.4) is 0 Å². The zero-order valence-electron chi connectivity index (χ0n) is 10.5. The summed E-state index contributed by atoms with van der Waals surface area (Å²) in [6.45, 7) is 2.71. The number of rotatable bonds is 5. The van der Waals surface area contributed by atoms with Crippen LogP contribution in [0.15, 0.2) is 29.4 Å². The van der Waals surface area contributed by atoms with Crippen LogP contribution in [0.4, 0.5) is 0 Å². The van der Waals surface area contributed by atoms with Crippen LogP contribution in [0.1, 0.15) is 5.56 Å².